The minimum Gasteiger partial charge on any atom is -0.481 e. The van der Waals surface area contributed by atoms with Crippen LogP contribution in [0.15, 0.2) is 0 Å². The van der Waals surface area contributed by atoms with Crippen molar-refractivity contribution in [2.45, 2.75) is 59.0 Å². The number of carbonyl (C=O) groups is 2. The molecule has 1 atom stereocenters. The Hall–Kier alpha value is -1.26. The molecule has 100 valence electrons. The van der Waals surface area contributed by atoms with Crippen molar-refractivity contribution in [2.24, 2.45) is 5.92 Å². The fourth-order valence-corrected chi connectivity index (χ4v) is 1.20. The number of aliphatic carboxylic acids is 1. The Morgan fingerprint density at radius 2 is 1.76 bits per heavy atom. The first kappa shape index (κ1) is 15.7. The molecule has 0 radical (unpaired) electrons. The molecule has 1 unspecified atom stereocenters. The van der Waals surface area contributed by atoms with Gasteiger partial charge < -0.3 is 15.7 Å². The third-order valence-corrected chi connectivity index (χ3v) is 2.77. The molecule has 0 heterocycles. The highest BCUT2D eigenvalue weighted by Crippen LogP contribution is 2.11. The predicted octanol–water partition coefficient (Wildman–Crippen LogP) is 1.97. The lowest BCUT2D eigenvalue weighted by molar-refractivity contribution is -0.137. The standard InChI is InChI=1S/C12H24N2O3/c1-8(2)9(3)13-11(17)14-12(4,5)7-6-10(15)16/h8-9H,6-7H2,1-5H3,(H,15,16)(H2,13,14,17). The molecule has 0 aliphatic rings. The fourth-order valence-electron chi connectivity index (χ4n) is 1.20. The van der Waals surface area contributed by atoms with Crippen LogP contribution >= 0.6 is 0 Å². The molecule has 0 spiro atoms. The first-order chi connectivity index (χ1) is 7.64. The summed E-state index contributed by atoms with van der Waals surface area (Å²) in [6.45, 7) is 9.63. The molecule has 17 heavy (non-hydrogen) atoms. The van der Waals surface area contributed by atoms with Gasteiger partial charge in [0, 0.05) is 18.0 Å². The van der Waals surface area contributed by atoms with Gasteiger partial charge in [0.15, 0.2) is 0 Å². The maximum atomic E-state index is 11.6. The zero-order chi connectivity index (χ0) is 13.6. The van der Waals surface area contributed by atoms with Gasteiger partial charge in [-0.2, -0.15) is 0 Å². The van der Waals surface area contributed by atoms with E-state index in [1.807, 2.05) is 34.6 Å². The normalized spacial score (nSPS) is 13.3. The largest absolute Gasteiger partial charge is 0.481 e. The van der Waals surface area contributed by atoms with Gasteiger partial charge in [-0.05, 0) is 33.1 Å². The zero-order valence-corrected chi connectivity index (χ0v) is 11.3. The molecule has 0 bridgehead atoms. The van der Waals surface area contributed by atoms with Crippen LogP contribution in [0.5, 0.6) is 0 Å². The van der Waals surface area contributed by atoms with Gasteiger partial charge >= 0.3 is 12.0 Å². The molecule has 0 aliphatic heterocycles. The van der Waals surface area contributed by atoms with E-state index in [1.165, 1.54) is 0 Å². The summed E-state index contributed by atoms with van der Waals surface area (Å²) >= 11 is 0. The summed E-state index contributed by atoms with van der Waals surface area (Å²) < 4.78 is 0. The molecule has 5 nitrogen and oxygen atoms in total. The van der Waals surface area contributed by atoms with E-state index < -0.39 is 11.5 Å². The fraction of sp³-hybridized carbons (Fsp3) is 0.833. The Morgan fingerprint density at radius 3 is 2.18 bits per heavy atom. The minimum atomic E-state index is -0.851. The van der Waals surface area contributed by atoms with Gasteiger partial charge in [0.1, 0.15) is 0 Å². The Kier molecular flexibility index (Phi) is 5.99. The molecule has 0 saturated carbocycles. The van der Waals surface area contributed by atoms with Gasteiger partial charge in [-0.15, -0.1) is 0 Å². The van der Waals surface area contributed by atoms with Crippen molar-refractivity contribution in [3.63, 3.8) is 0 Å². The molecule has 0 rings (SSSR count). The number of carbonyl (C=O) groups excluding carboxylic acids is 1. The molecule has 0 aliphatic carbocycles. The van der Waals surface area contributed by atoms with Gasteiger partial charge in [-0.25, -0.2) is 4.79 Å². The number of hydrogen-bond donors (Lipinski definition) is 3. The van der Waals surface area contributed by atoms with Crippen LogP contribution in [0.25, 0.3) is 0 Å². The Bertz CT molecular complexity index is 275. The number of nitrogens with one attached hydrogen (secondary N) is 2. The van der Waals surface area contributed by atoms with Crippen molar-refractivity contribution in [1.29, 1.82) is 0 Å². The van der Waals surface area contributed by atoms with E-state index >= 15 is 0 Å². The molecule has 0 aromatic carbocycles. The highest BCUT2D eigenvalue weighted by Gasteiger charge is 2.22. The minimum absolute atomic E-state index is 0.0486. The maximum absolute atomic E-state index is 11.6. The van der Waals surface area contributed by atoms with Crippen molar-refractivity contribution in [3.8, 4) is 0 Å². The second kappa shape index (κ2) is 6.47. The number of urea groups is 1. The lowest BCUT2D eigenvalue weighted by atomic mass is 9.98. The molecule has 0 aromatic heterocycles. The molecule has 0 aromatic rings. The van der Waals surface area contributed by atoms with E-state index in [0.29, 0.717) is 12.3 Å². The summed E-state index contributed by atoms with van der Waals surface area (Å²) in [6, 6.07) is -0.160. The van der Waals surface area contributed by atoms with Gasteiger partial charge in [-0.3, -0.25) is 4.79 Å². The SMILES string of the molecule is CC(C)C(C)NC(=O)NC(C)(C)CCC(=O)O. The van der Waals surface area contributed by atoms with Gasteiger partial charge in [0.05, 0.1) is 0 Å². The van der Waals surface area contributed by atoms with E-state index in [-0.39, 0.29) is 18.5 Å². The summed E-state index contributed by atoms with van der Waals surface area (Å²) in [5.74, 6) is -0.487. The zero-order valence-electron chi connectivity index (χ0n) is 11.3. The molecular weight excluding hydrogens is 220 g/mol. The number of rotatable bonds is 6. The van der Waals surface area contributed by atoms with Crippen molar-refractivity contribution in [3.05, 3.63) is 0 Å². The monoisotopic (exact) mass is 244 g/mol. The topological polar surface area (TPSA) is 78.4 Å². The van der Waals surface area contributed by atoms with E-state index in [2.05, 4.69) is 10.6 Å². The van der Waals surface area contributed by atoms with Crippen molar-refractivity contribution in [2.75, 3.05) is 0 Å². The lowest BCUT2D eigenvalue weighted by Crippen LogP contribution is -2.51. The Morgan fingerprint density at radius 1 is 1.24 bits per heavy atom. The van der Waals surface area contributed by atoms with Gasteiger partial charge in [0.25, 0.3) is 0 Å². The molecule has 2 amide bonds. The van der Waals surface area contributed by atoms with Crippen molar-refractivity contribution < 1.29 is 14.7 Å². The predicted molar refractivity (Wildman–Crippen MR) is 66.9 cm³/mol. The lowest BCUT2D eigenvalue weighted by Gasteiger charge is -2.27. The van der Waals surface area contributed by atoms with Crippen LogP contribution in [0.3, 0.4) is 0 Å². The van der Waals surface area contributed by atoms with Gasteiger partial charge in [0.2, 0.25) is 0 Å². The highest BCUT2D eigenvalue weighted by molar-refractivity contribution is 5.75. The molecular formula is C12H24N2O3. The van der Waals surface area contributed by atoms with E-state index in [9.17, 15) is 9.59 Å². The number of amides is 2. The van der Waals surface area contributed by atoms with Gasteiger partial charge in [-0.1, -0.05) is 13.8 Å². The van der Waals surface area contributed by atoms with Crippen LogP contribution in [0.4, 0.5) is 4.79 Å². The van der Waals surface area contributed by atoms with Crippen LogP contribution in [-0.2, 0) is 4.79 Å². The third kappa shape index (κ3) is 7.60. The first-order valence-electron chi connectivity index (χ1n) is 5.94. The van der Waals surface area contributed by atoms with E-state index in [1.54, 1.807) is 0 Å². The third-order valence-electron chi connectivity index (χ3n) is 2.77. The average molecular weight is 244 g/mol. The number of carboxylic acid groups (broad SMARTS) is 1. The van der Waals surface area contributed by atoms with Crippen molar-refractivity contribution >= 4 is 12.0 Å². The summed E-state index contributed by atoms with van der Waals surface area (Å²) in [6.07, 6.45) is 0.457. The summed E-state index contributed by atoms with van der Waals surface area (Å²) in [5.41, 5.74) is -0.515. The number of hydrogen-bond acceptors (Lipinski definition) is 2. The van der Waals surface area contributed by atoms with Crippen LogP contribution in [-0.4, -0.2) is 28.7 Å². The summed E-state index contributed by atoms with van der Waals surface area (Å²) in [4.78, 5) is 22.1. The Balaban J connectivity index is 4.13. The highest BCUT2D eigenvalue weighted by atomic mass is 16.4. The maximum Gasteiger partial charge on any atom is 0.315 e. The molecule has 3 N–H and O–H groups in total. The van der Waals surface area contributed by atoms with E-state index in [4.69, 9.17) is 5.11 Å². The van der Waals surface area contributed by atoms with Crippen LogP contribution in [0, 0.1) is 5.92 Å². The van der Waals surface area contributed by atoms with Crippen LogP contribution in [0.1, 0.15) is 47.5 Å². The average Bonchev–Trinajstić information content (AvgIpc) is 2.13. The first-order valence-corrected chi connectivity index (χ1v) is 5.94. The molecule has 0 fully saturated rings. The second-order valence-electron chi connectivity index (χ2n) is 5.41. The van der Waals surface area contributed by atoms with Crippen LogP contribution in [0.2, 0.25) is 0 Å². The molecule has 0 saturated heterocycles. The smallest absolute Gasteiger partial charge is 0.315 e. The van der Waals surface area contributed by atoms with Crippen LogP contribution < -0.4 is 10.6 Å². The molecule has 5 heteroatoms. The Labute approximate surface area is 103 Å². The summed E-state index contributed by atoms with van der Waals surface area (Å²) in [7, 11) is 0. The van der Waals surface area contributed by atoms with E-state index in [0.717, 1.165) is 0 Å². The number of carboxylic acids is 1. The quantitative estimate of drug-likeness (QED) is 0.668. The summed E-state index contributed by atoms with van der Waals surface area (Å²) in [5, 5.41) is 14.2. The van der Waals surface area contributed by atoms with Crippen molar-refractivity contribution in [1.82, 2.24) is 10.6 Å². The second-order valence-corrected chi connectivity index (χ2v) is 5.41.